The second kappa shape index (κ2) is 7.65. The molecule has 4 aromatic rings. The summed E-state index contributed by atoms with van der Waals surface area (Å²) in [6.45, 7) is 3.35. The van der Waals surface area contributed by atoms with Crippen molar-refractivity contribution in [2.45, 2.75) is 37.6 Å². The quantitative estimate of drug-likeness (QED) is 0.473. The average Bonchev–Trinajstić information content (AvgIpc) is 3.41. The van der Waals surface area contributed by atoms with Crippen molar-refractivity contribution in [3.63, 3.8) is 0 Å². The van der Waals surface area contributed by atoms with Crippen LogP contribution < -0.4 is 5.56 Å². The van der Waals surface area contributed by atoms with E-state index in [0.717, 1.165) is 41.4 Å². The van der Waals surface area contributed by atoms with Gasteiger partial charge in [-0.05, 0) is 37.5 Å². The van der Waals surface area contributed by atoms with E-state index in [1.807, 2.05) is 28.7 Å². The van der Waals surface area contributed by atoms with Crippen LogP contribution in [0.4, 0.5) is 0 Å². The van der Waals surface area contributed by atoms with Crippen molar-refractivity contribution < 1.29 is 4.74 Å². The monoisotopic (exact) mass is 406 g/mol. The molecular weight excluding hydrogens is 384 g/mol. The van der Waals surface area contributed by atoms with E-state index < -0.39 is 0 Å². The minimum atomic E-state index is -0.0447. The van der Waals surface area contributed by atoms with E-state index >= 15 is 0 Å². The second-order valence-electron chi connectivity index (χ2n) is 7.46. The molecule has 7 heteroatoms. The van der Waals surface area contributed by atoms with E-state index in [4.69, 9.17) is 4.74 Å². The third kappa shape index (κ3) is 3.45. The van der Waals surface area contributed by atoms with Crippen LogP contribution in [-0.2, 0) is 11.3 Å². The van der Waals surface area contributed by atoms with Gasteiger partial charge in [-0.2, -0.15) is 0 Å². The molecule has 3 heterocycles. The Morgan fingerprint density at radius 2 is 1.97 bits per heavy atom. The highest BCUT2D eigenvalue weighted by atomic mass is 32.2. The Hall–Kier alpha value is -2.64. The van der Waals surface area contributed by atoms with E-state index in [-0.39, 0.29) is 11.7 Å². The highest BCUT2D eigenvalue weighted by Crippen LogP contribution is 2.25. The molecule has 0 radical (unpaired) electrons. The normalized spacial score (nSPS) is 16.8. The van der Waals surface area contributed by atoms with Crippen molar-refractivity contribution >= 4 is 28.4 Å². The molecule has 0 saturated carbocycles. The van der Waals surface area contributed by atoms with Gasteiger partial charge in [-0.25, -0.2) is 0 Å². The molecule has 1 saturated heterocycles. The largest absolute Gasteiger partial charge is 0.377 e. The molecule has 0 aliphatic carbocycles. The number of hydrogen-bond acceptors (Lipinski definition) is 5. The molecule has 0 N–H and O–H groups in total. The smallest absolute Gasteiger partial charge is 0.263 e. The zero-order valence-electron chi connectivity index (χ0n) is 16.2. The summed E-state index contributed by atoms with van der Waals surface area (Å²) in [5.74, 6) is 1.41. The summed E-state index contributed by atoms with van der Waals surface area (Å²) in [5, 5.41) is 10.3. The van der Waals surface area contributed by atoms with Crippen LogP contribution in [0.3, 0.4) is 0 Å². The Balaban J connectivity index is 1.62. The van der Waals surface area contributed by atoms with Crippen LogP contribution in [-0.4, -0.2) is 37.6 Å². The first-order chi connectivity index (χ1) is 14.2. The van der Waals surface area contributed by atoms with E-state index in [2.05, 4.69) is 41.4 Å². The van der Waals surface area contributed by atoms with E-state index in [1.54, 1.807) is 16.3 Å². The summed E-state index contributed by atoms with van der Waals surface area (Å²) in [4.78, 5) is 13.2. The number of hydrogen-bond donors (Lipinski definition) is 0. The molecule has 0 bridgehead atoms. The standard InChI is InChI=1S/C22H22N4O2S/c1-15-8-10-16(11-9-15)13-25-20(27)18-6-2-3-7-19(18)26-21(25)23-24-22(26)29-14-17-5-4-12-28-17/h2-3,6-11,17H,4-5,12-14H2,1H3/t17-/m1/s1. The maximum absolute atomic E-state index is 13.2. The average molecular weight is 407 g/mol. The molecule has 2 aromatic carbocycles. The lowest BCUT2D eigenvalue weighted by atomic mass is 10.1. The van der Waals surface area contributed by atoms with Gasteiger partial charge in [0, 0.05) is 12.4 Å². The van der Waals surface area contributed by atoms with E-state index in [0.29, 0.717) is 17.7 Å². The number of para-hydroxylation sites is 1. The molecule has 1 fully saturated rings. The molecule has 1 aliphatic heterocycles. The fourth-order valence-corrected chi connectivity index (χ4v) is 4.79. The van der Waals surface area contributed by atoms with Gasteiger partial charge in [-0.1, -0.05) is 53.7 Å². The first-order valence-electron chi connectivity index (χ1n) is 9.87. The SMILES string of the molecule is Cc1ccc(Cn2c(=O)c3ccccc3n3c(SC[C@H]4CCCO4)nnc23)cc1. The lowest BCUT2D eigenvalue weighted by Gasteiger charge is -2.12. The van der Waals surface area contributed by atoms with Crippen LogP contribution in [0.5, 0.6) is 0 Å². The molecule has 0 unspecified atom stereocenters. The number of benzene rings is 2. The maximum atomic E-state index is 13.2. The molecular formula is C22H22N4O2S. The van der Waals surface area contributed by atoms with Crippen molar-refractivity contribution in [3.05, 3.63) is 70.0 Å². The summed E-state index contributed by atoms with van der Waals surface area (Å²) < 4.78 is 9.47. The highest BCUT2D eigenvalue weighted by molar-refractivity contribution is 7.99. The summed E-state index contributed by atoms with van der Waals surface area (Å²) >= 11 is 1.64. The zero-order valence-corrected chi connectivity index (χ0v) is 17.1. The number of aromatic nitrogens is 4. The number of nitrogens with zero attached hydrogens (tertiary/aromatic N) is 4. The van der Waals surface area contributed by atoms with Gasteiger partial charge in [0.25, 0.3) is 5.56 Å². The van der Waals surface area contributed by atoms with Crippen LogP contribution in [0.25, 0.3) is 16.7 Å². The van der Waals surface area contributed by atoms with Crippen molar-refractivity contribution in [3.8, 4) is 0 Å². The Morgan fingerprint density at radius 1 is 1.14 bits per heavy atom. The maximum Gasteiger partial charge on any atom is 0.263 e. The Bertz CT molecular complexity index is 1220. The predicted octanol–water partition coefficient (Wildman–Crippen LogP) is 3.67. The van der Waals surface area contributed by atoms with Gasteiger partial charge >= 0.3 is 0 Å². The van der Waals surface area contributed by atoms with Crippen LogP contribution in [0.1, 0.15) is 24.0 Å². The number of fused-ring (bicyclic) bond motifs is 3. The minimum Gasteiger partial charge on any atom is -0.377 e. The van der Waals surface area contributed by atoms with Crippen molar-refractivity contribution in [1.82, 2.24) is 19.2 Å². The Morgan fingerprint density at radius 3 is 2.76 bits per heavy atom. The van der Waals surface area contributed by atoms with Crippen LogP contribution in [0.15, 0.2) is 58.5 Å². The van der Waals surface area contributed by atoms with Crippen molar-refractivity contribution in [2.24, 2.45) is 0 Å². The summed E-state index contributed by atoms with van der Waals surface area (Å²) in [6, 6.07) is 15.9. The molecule has 1 aliphatic rings. The van der Waals surface area contributed by atoms with Gasteiger partial charge in [0.15, 0.2) is 5.16 Å². The minimum absolute atomic E-state index is 0.0447. The predicted molar refractivity (Wildman–Crippen MR) is 115 cm³/mol. The molecule has 6 nitrogen and oxygen atoms in total. The van der Waals surface area contributed by atoms with E-state index in [9.17, 15) is 4.79 Å². The number of thioether (sulfide) groups is 1. The summed E-state index contributed by atoms with van der Waals surface area (Å²) in [7, 11) is 0. The number of ether oxygens (including phenoxy) is 1. The first kappa shape index (κ1) is 18.4. The lowest BCUT2D eigenvalue weighted by molar-refractivity contribution is 0.129. The van der Waals surface area contributed by atoms with Crippen LogP contribution in [0, 0.1) is 6.92 Å². The molecule has 0 amide bonds. The molecule has 2 aromatic heterocycles. The molecule has 1 atom stereocenters. The zero-order chi connectivity index (χ0) is 19.8. The van der Waals surface area contributed by atoms with Gasteiger partial charge < -0.3 is 4.74 Å². The fraction of sp³-hybridized carbons (Fsp3) is 0.318. The summed E-state index contributed by atoms with van der Waals surface area (Å²) in [6.07, 6.45) is 2.46. The van der Waals surface area contributed by atoms with Crippen molar-refractivity contribution in [2.75, 3.05) is 12.4 Å². The van der Waals surface area contributed by atoms with E-state index in [1.165, 1.54) is 5.56 Å². The first-order valence-corrected chi connectivity index (χ1v) is 10.9. The Kier molecular flexibility index (Phi) is 4.85. The molecule has 5 rings (SSSR count). The van der Waals surface area contributed by atoms with Gasteiger partial charge in [0.1, 0.15) is 0 Å². The second-order valence-corrected chi connectivity index (χ2v) is 8.45. The van der Waals surface area contributed by atoms with Crippen molar-refractivity contribution in [1.29, 1.82) is 0 Å². The van der Waals surface area contributed by atoms with Gasteiger partial charge in [0.05, 0.1) is 23.6 Å². The van der Waals surface area contributed by atoms with Crippen LogP contribution >= 0.6 is 11.8 Å². The fourth-order valence-electron chi connectivity index (χ4n) is 3.79. The van der Waals surface area contributed by atoms with Gasteiger partial charge in [-0.15, -0.1) is 10.2 Å². The highest BCUT2D eigenvalue weighted by Gasteiger charge is 2.20. The lowest BCUT2D eigenvalue weighted by Crippen LogP contribution is -2.24. The topological polar surface area (TPSA) is 61.4 Å². The molecule has 148 valence electrons. The van der Waals surface area contributed by atoms with Gasteiger partial charge in [-0.3, -0.25) is 13.8 Å². The molecule has 29 heavy (non-hydrogen) atoms. The number of rotatable bonds is 5. The summed E-state index contributed by atoms with van der Waals surface area (Å²) in [5.41, 5.74) is 3.05. The Labute approximate surface area is 172 Å². The number of aryl methyl sites for hydroxylation is 1. The third-order valence-corrected chi connectivity index (χ3v) is 6.42. The third-order valence-electron chi connectivity index (χ3n) is 5.36. The van der Waals surface area contributed by atoms with Gasteiger partial charge in [0.2, 0.25) is 5.78 Å². The molecule has 0 spiro atoms. The van der Waals surface area contributed by atoms with Crippen LogP contribution in [0.2, 0.25) is 0 Å².